The van der Waals surface area contributed by atoms with Gasteiger partial charge in [-0.3, -0.25) is 4.99 Å². The van der Waals surface area contributed by atoms with E-state index in [2.05, 4.69) is 4.99 Å². The van der Waals surface area contributed by atoms with Gasteiger partial charge in [-0.25, -0.2) is 0 Å². The Morgan fingerprint density at radius 2 is 2.29 bits per heavy atom. The standard InChI is InChI=1S/C4H9N3/c5-2-1-3-7-4-6/h1-3H,4-6H2/b2-1-,7-3-. The quantitative estimate of drug-likeness (QED) is 0.456. The first-order valence-electron chi connectivity index (χ1n) is 1.98. The molecule has 0 heterocycles. The maximum absolute atomic E-state index is 5.00. The third-order valence-electron chi connectivity index (χ3n) is 0.408. The Hall–Kier alpha value is -0.830. The second-order valence-electron chi connectivity index (χ2n) is 0.899. The van der Waals surface area contributed by atoms with Crippen LogP contribution in [-0.2, 0) is 0 Å². The lowest BCUT2D eigenvalue weighted by Gasteiger charge is -1.73. The number of nitrogens with two attached hydrogens (primary N) is 2. The van der Waals surface area contributed by atoms with Gasteiger partial charge in [0.1, 0.15) is 0 Å². The minimum Gasteiger partial charge on any atom is -0.405 e. The number of hydrogen-bond acceptors (Lipinski definition) is 3. The molecule has 3 nitrogen and oxygen atoms in total. The van der Waals surface area contributed by atoms with Crippen molar-refractivity contribution in [1.82, 2.24) is 0 Å². The van der Waals surface area contributed by atoms with E-state index < -0.39 is 0 Å². The minimum absolute atomic E-state index is 0.324. The molecule has 0 aromatic heterocycles. The molecule has 0 aliphatic heterocycles. The predicted molar refractivity (Wildman–Crippen MR) is 30.9 cm³/mol. The van der Waals surface area contributed by atoms with Gasteiger partial charge in [-0.1, -0.05) is 0 Å². The maximum Gasteiger partial charge on any atom is 0.0859 e. The molecule has 0 spiro atoms. The molecule has 0 aliphatic carbocycles. The van der Waals surface area contributed by atoms with Crippen molar-refractivity contribution in [3.8, 4) is 0 Å². The van der Waals surface area contributed by atoms with Crippen LogP contribution in [-0.4, -0.2) is 12.9 Å². The second kappa shape index (κ2) is 5.17. The highest BCUT2D eigenvalue weighted by molar-refractivity contribution is 5.70. The molecule has 0 fully saturated rings. The fourth-order valence-corrected chi connectivity index (χ4v) is 0.171. The van der Waals surface area contributed by atoms with Crippen molar-refractivity contribution in [3.05, 3.63) is 12.3 Å². The molecule has 0 radical (unpaired) electrons. The Balaban J connectivity index is 3.09. The summed E-state index contributed by atoms with van der Waals surface area (Å²) in [5, 5.41) is 0. The summed E-state index contributed by atoms with van der Waals surface area (Å²) >= 11 is 0. The first-order chi connectivity index (χ1) is 3.41. The summed E-state index contributed by atoms with van der Waals surface area (Å²) in [6.07, 6.45) is 4.58. The first-order valence-corrected chi connectivity index (χ1v) is 1.98. The third kappa shape index (κ3) is 5.17. The van der Waals surface area contributed by atoms with E-state index in [1.54, 1.807) is 12.3 Å². The van der Waals surface area contributed by atoms with Gasteiger partial charge in [-0.05, 0) is 12.3 Å². The van der Waals surface area contributed by atoms with Crippen LogP contribution in [0.15, 0.2) is 17.3 Å². The van der Waals surface area contributed by atoms with Crippen molar-refractivity contribution in [2.75, 3.05) is 6.67 Å². The van der Waals surface area contributed by atoms with Gasteiger partial charge in [0, 0.05) is 6.21 Å². The van der Waals surface area contributed by atoms with Gasteiger partial charge in [0.05, 0.1) is 6.67 Å². The zero-order valence-corrected chi connectivity index (χ0v) is 4.04. The van der Waals surface area contributed by atoms with Gasteiger partial charge >= 0.3 is 0 Å². The lowest BCUT2D eigenvalue weighted by molar-refractivity contribution is 1.08. The normalized spacial score (nSPS) is 11.6. The topological polar surface area (TPSA) is 64.4 Å². The Morgan fingerprint density at radius 3 is 2.71 bits per heavy atom. The number of aliphatic imine (C=N–C) groups is 1. The molecule has 0 bridgehead atoms. The molecule has 0 aliphatic rings. The van der Waals surface area contributed by atoms with Crippen molar-refractivity contribution in [2.24, 2.45) is 16.5 Å². The van der Waals surface area contributed by atoms with Crippen molar-refractivity contribution < 1.29 is 0 Å². The average molecular weight is 99.1 g/mol. The molecular weight excluding hydrogens is 90.1 g/mol. The summed E-state index contributed by atoms with van der Waals surface area (Å²) in [5.41, 5.74) is 9.95. The zero-order valence-electron chi connectivity index (χ0n) is 4.04. The van der Waals surface area contributed by atoms with Crippen LogP contribution in [0.3, 0.4) is 0 Å². The molecule has 3 heteroatoms. The summed E-state index contributed by atoms with van der Waals surface area (Å²) in [4.78, 5) is 3.65. The van der Waals surface area contributed by atoms with Gasteiger partial charge in [0.25, 0.3) is 0 Å². The van der Waals surface area contributed by atoms with Crippen LogP contribution < -0.4 is 11.5 Å². The lowest BCUT2D eigenvalue weighted by Crippen LogP contribution is -1.93. The molecule has 0 amide bonds. The molecule has 0 aromatic rings. The number of hydrogen-bond donors (Lipinski definition) is 2. The second-order valence-corrected chi connectivity index (χ2v) is 0.899. The Bertz CT molecular complexity index is 75.0. The van der Waals surface area contributed by atoms with Gasteiger partial charge in [0.15, 0.2) is 0 Å². The number of allylic oxidation sites excluding steroid dienone is 1. The SMILES string of the molecule is N/C=C\C=N/CN. The van der Waals surface area contributed by atoms with E-state index in [1.165, 1.54) is 6.20 Å². The van der Waals surface area contributed by atoms with Crippen molar-refractivity contribution in [1.29, 1.82) is 0 Å². The molecule has 0 aromatic carbocycles. The molecule has 40 valence electrons. The zero-order chi connectivity index (χ0) is 5.54. The molecule has 0 saturated heterocycles. The van der Waals surface area contributed by atoms with E-state index in [0.717, 1.165) is 0 Å². The Kier molecular flexibility index (Phi) is 4.56. The highest BCUT2D eigenvalue weighted by Crippen LogP contribution is 1.57. The van der Waals surface area contributed by atoms with E-state index in [9.17, 15) is 0 Å². The minimum atomic E-state index is 0.324. The van der Waals surface area contributed by atoms with Crippen LogP contribution >= 0.6 is 0 Å². The molecule has 0 saturated carbocycles. The number of nitrogens with zero attached hydrogens (tertiary/aromatic N) is 1. The van der Waals surface area contributed by atoms with Gasteiger partial charge in [-0.2, -0.15) is 0 Å². The summed E-state index contributed by atoms with van der Waals surface area (Å²) in [6, 6.07) is 0. The summed E-state index contributed by atoms with van der Waals surface area (Å²) in [5.74, 6) is 0. The van der Waals surface area contributed by atoms with E-state index in [4.69, 9.17) is 11.5 Å². The first kappa shape index (κ1) is 6.17. The van der Waals surface area contributed by atoms with Crippen molar-refractivity contribution in [3.63, 3.8) is 0 Å². The Labute approximate surface area is 42.7 Å². The van der Waals surface area contributed by atoms with Crippen molar-refractivity contribution >= 4 is 6.21 Å². The highest BCUT2D eigenvalue weighted by atomic mass is 14.8. The average Bonchev–Trinajstić information content (AvgIpc) is 1.69. The summed E-state index contributed by atoms with van der Waals surface area (Å²) < 4.78 is 0. The van der Waals surface area contributed by atoms with Crippen LogP contribution in [0.5, 0.6) is 0 Å². The maximum atomic E-state index is 5.00. The smallest absolute Gasteiger partial charge is 0.0859 e. The lowest BCUT2D eigenvalue weighted by atomic mass is 10.7. The molecule has 0 unspecified atom stereocenters. The fraction of sp³-hybridized carbons (Fsp3) is 0.250. The molecule has 7 heavy (non-hydrogen) atoms. The van der Waals surface area contributed by atoms with Crippen LogP contribution in [0.25, 0.3) is 0 Å². The van der Waals surface area contributed by atoms with E-state index in [1.807, 2.05) is 0 Å². The molecule has 0 rings (SSSR count). The van der Waals surface area contributed by atoms with Crippen LogP contribution in [0.1, 0.15) is 0 Å². The van der Waals surface area contributed by atoms with E-state index in [0.29, 0.717) is 6.67 Å². The van der Waals surface area contributed by atoms with Crippen molar-refractivity contribution in [2.45, 2.75) is 0 Å². The van der Waals surface area contributed by atoms with E-state index >= 15 is 0 Å². The monoisotopic (exact) mass is 99.1 g/mol. The predicted octanol–water partition coefficient (Wildman–Crippen LogP) is -0.554. The molecule has 0 atom stereocenters. The summed E-state index contributed by atoms with van der Waals surface area (Å²) in [7, 11) is 0. The molecule has 4 N–H and O–H groups in total. The third-order valence-corrected chi connectivity index (χ3v) is 0.408. The largest absolute Gasteiger partial charge is 0.405 e. The highest BCUT2D eigenvalue weighted by Gasteiger charge is 1.57. The van der Waals surface area contributed by atoms with Crippen LogP contribution in [0.4, 0.5) is 0 Å². The van der Waals surface area contributed by atoms with Crippen LogP contribution in [0, 0.1) is 0 Å². The number of rotatable bonds is 2. The van der Waals surface area contributed by atoms with Gasteiger partial charge < -0.3 is 11.5 Å². The summed E-state index contributed by atoms with van der Waals surface area (Å²) in [6.45, 7) is 0.324. The van der Waals surface area contributed by atoms with Crippen LogP contribution in [0.2, 0.25) is 0 Å². The van der Waals surface area contributed by atoms with Gasteiger partial charge in [-0.15, -0.1) is 0 Å². The fourth-order valence-electron chi connectivity index (χ4n) is 0.171. The Morgan fingerprint density at radius 1 is 1.57 bits per heavy atom. The molecular formula is C4H9N3. The van der Waals surface area contributed by atoms with Gasteiger partial charge in [0.2, 0.25) is 0 Å². The van der Waals surface area contributed by atoms with E-state index in [-0.39, 0.29) is 0 Å².